The van der Waals surface area contributed by atoms with Gasteiger partial charge in [-0.2, -0.15) is 0 Å². The average Bonchev–Trinajstić information content (AvgIpc) is 3.10. The molecule has 0 aromatic carbocycles. The van der Waals surface area contributed by atoms with Gasteiger partial charge in [-0.25, -0.2) is 0 Å². The molecule has 194 valence electrons. The number of hydrogen-bond acceptors (Lipinski definition) is 2. The van der Waals surface area contributed by atoms with E-state index in [9.17, 15) is 4.79 Å². The van der Waals surface area contributed by atoms with Crippen molar-refractivity contribution in [2.75, 3.05) is 0 Å². The quantitative estimate of drug-likeness (QED) is 0.185. The van der Waals surface area contributed by atoms with Crippen LogP contribution in [0.15, 0.2) is 11.6 Å². The van der Waals surface area contributed by atoms with Gasteiger partial charge in [0.05, 0.1) is 0 Å². The minimum absolute atomic E-state index is 0.0524. The van der Waals surface area contributed by atoms with Gasteiger partial charge in [0.1, 0.15) is 10.4 Å². The molecule has 0 radical (unpaired) electrons. The highest BCUT2D eigenvalue weighted by Crippen LogP contribution is 2.67. The summed E-state index contributed by atoms with van der Waals surface area (Å²) in [5, 5.41) is 0. The van der Waals surface area contributed by atoms with Gasteiger partial charge >= 0.3 is 5.97 Å². The normalized spacial score (nSPS) is 40.7. The van der Waals surface area contributed by atoms with Crippen molar-refractivity contribution in [3.63, 3.8) is 0 Å². The third-order valence-electron chi connectivity index (χ3n) is 11.0. The van der Waals surface area contributed by atoms with E-state index in [1.54, 1.807) is 5.57 Å². The summed E-state index contributed by atoms with van der Waals surface area (Å²) in [6.07, 6.45) is 17.0. The van der Waals surface area contributed by atoms with E-state index in [0.717, 1.165) is 48.3 Å². The maximum atomic E-state index is 12.5. The number of alkyl halides is 1. The van der Waals surface area contributed by atoms with Gasteiger partial charge < -0.3 is 4.74 Å². The van der Waals surface area contributed by atoms with Crippen LogP contribution in [0.4, 0.5) is 0 Å². The Morgan fingerprint density at radius 1 is 1.09 bits per heavy atom. The van der Waals surface area contributed by atoms with E-state index in [1.807, 2.05) is 13.8 Å². The first-order valence-electron chi connectivity index (χ1n) is 14.5. The Kier molecular flexibility index (Phi) is 7.76. The SMILES string of the molecule is CC(C)CCC[C@@H](C)[C@@H]1CC[C@@H]2[C@H]3CC=C4C[C@@H](OC(=O)C(C)(C)Br)CC[C@]4(C)[C@@H]3CC[C@]21C. The lowest BCUT2D eigenvalue weighted by molar-refractivity contribution is -0.153. The molecule has 0 heterocycles. The van der Waals surface area contributed by atoms with Crippen molar-refractivity contribution in [1.29, 1.82) is 0 Å². The standard InChI is InChI=1S/C31H51BrO2/c1-20(2)9-8-10-21(3)25-13-14-26-24-12-11-22-19-23(34-28(33)29(4,5)32)15-17-30(22,6)27(24)16-18-31(25,26)7/h11,20-21,23-27H,8-10,12-19H2,1-7H3/t21-,23+,24-,25+,26-,27-,30+,31+/m1/s1. The van der Waals surface area contributed by atoms with Crippen LogP contribution in [0.25, 0.3) is 0 Å². The van der Waals surface area contributed by atoms with E-state index in [0.29, 0.717) is 10.8 Å². The van der Waals surface area contributed by atoms with Gasteiger partial charge in [-0.15, -0.1) is 0 Å². The van der Waals surface area contributed by atoms with E-state index in [-0.39, 0.29) is 12.1 Å². The van der Waals surface area contributed by atoms with Gasteiger partial charge in [0, 0.05) is 6.42 Å². The molecule has 0 saturated heterocycles. The highest BCUT2D eigenvalue weighted by atomic mass is 79.9. The molecule has 34 heavy (non-hydrogen) atoms. The number of rotatable bonds is 7. The summed E-state index contributed by atoms with van der Waals surface area (Å²) in [6, 6.07) is 0. The molecular formula is C31H51BrO2. The van der Waals surface area contributed by atoms with Gasteiger partial charge in [0.2, 0.25) is 0 Å². The van der Waals surface area contributed by atoms with Crippen LogP contribution in [0.3, 0.4) is 0 Å². The van der Waals surface area contributed by atoms with Crippen molar-refractivity contribution in [1.82, 2.24) is 0 Å². The van der Waals surface area contributed by atoms with Crippen LogP contribution in [0.1, 0.15) is 119 Å². The topological polar surface area (TPSA) is 26.3 Å². The Bertz CT molecular complexity index is 779. The number of allylic oxidation sites excluding steroid dienone is 1. The first-order valence-corrected chi connectivity index (χ1v) is 15.2. The summed E-state index contributed by atoms with van der Waals surface area (Å²) in [5.74, 6) is 5.10. The number of fused-ring (bicyclic) bond motifs is 5. The molecule has 0 aromatic heterocycles. The number of carbonyl (C=O) groups is 1. The lowest BCUT2D eigenvalue weighted by Gasteiger charge is -2.58. The Morgan fingerprint density at radius 2 is 1.82 bits per heavy atom. The molecule has 0 amide bonds. The molecular weight excluding hydrogens is 484 g/mol. The molecule has 3 fully saturated rings. The number of hydrogen-bond donors (Lipinski definition) is 0. The molecule has 2 nitrogen and oxygen atoms in total. The summed E-state index contributed by atoms with van der Waals surface area (Å²) in [7, 11) is 0. The van der Waals surface area contributed by atoms with Crippen LogP contribution >= 0.6 is 15.9 Å². The van der Waals surface area contributed by atoms with Crippen LogP contribution < -0.4 is 0 Å². The second-order valence-electron chi connectivity index (χ2n) is 14.0. The molecule has 4 aliphatic carbocycles. The second kappa shape index (κ2) is 9.86. The third kappa shape index (κ3) is 4.95. The summed E-state index contributed by atoms with van der Waals surface area (Å²) < 4.78 is 5.33. The third-order valence-corrected chi connectivity index (χ3v) is 11.3. The van der Waals surface area contributed by atoms with Crippen molar-refractivity contribution in [3.8, 4) is 0 Å². The number of halogens is 1. The molecule has 8 atom stereocenters. The van der Waals surface area contributed by atoms with Crippen LogP contribution in [0, 0.1) is 46.3 Å². The Hall–Kier alpha value is -0.310. The molecule has 4 rings (SSSR count). The van der Waals surface area contributed by atoms with E-state index in [4.69, 9.17) is 4.74 Å². The molecule has 0 unspecified atom stereocenters. The van der Waals surface area contributed by atoms with E-state index >= 15 is 0 Å². The summed E-state index contributed by atoms with van der Waals surface area (Å²) in [4.78, 5) is 12.5. The zero-order chi connectivity index (χ0) is 24.9. The Morgan fingerprint density at radius 3 is 2.50 bits per heavy atom. The first-order chi connectivity index (χ1) is 15.9. The fourth-order valence-electron chi connectivity index (χ4n) is 9.04. The predicted molar refractivity (Wildman–Crippen MR) is 146 cm³/mol. The highest BCUT2D eigenvalue weighted by Gasteiger charge is 2.59. The van der Waals surface area contributed by atoms with Crippen molar-refractivity contribution in [2.45, 2.75) is 130 Å². The Labute approximate surface area is 218 Å². The maximum Gasteiger partial charge on any atom is 0.322 e. The highest BCUT2D eigenvalue weighted by molar-refractivity contribution is 9.10. The molecule has 0 aromatic rings. The van der Waals surface area contributed by atoms with Crippen LogP contribution in [0.5, 0.6) is 0 Å². The first kappa shape index (κ1) is 26.7. The van der Waals surface area contributed by atoms with Crippen molar-refractivity contribution < 1.29 is 9.53 Å². The maximum absolute atomic E-state index is 12.5. The fourth-order valence-corrected chi connectivity index (χ4v) is 9.14. The summed E-state index contributed by atoms with van der Waals surface area (Å²) in [5.41, 5.74) is 2.47. The van der Waals surface area contributed by atoms with Crippen LogP contribution in [-0.4, -0.2) is 16.4 Å². The van der Waals surface area contributed by atoms with Gasteiger partial charge in [-0.1, -0.05) is 81.5 Å². The zero-order valence-electron chi connectivity index (χ0n) is 23.1. The fraction of sp³-hybridized carbons (Fsp3) is 0.903. The molecule has 0 N–H and O–H groups in total. The minimum Gasteiger partial charge on any atom is -0.461 e. The molecule has 0 aliphatic heterocycles. The monoisotopic (exact) mass is 534 g/mol. The average molecular weight is 536 g/mol. The number of carbonyl (C=O) groups excluding carboxylic acids is 1. The lowest BCUT2D eigenvalue weighted by Crippen LogP contribution is -2.51. The zero-order valence-corrected chi connectivity index (χ0v) is 24.7. The largest absolute Gasteiger partial charge is 0.461 e. The molecule has 3 saturated carbocycles. The molecule has 0 spiro atoms. The molecule has 0 bridgehead atoms. The summed E-state index contributed by atoms with van der Waals surface area (Å²) in [6.45, 7) is 16.3. The Balaban J connectivity index is 1.44. The van der Waals surface area contributed by atoms with Crippen molar-refractivity contribution in [2.24, 2.45) is 46.3 Å². The lowest BCUT2D eigenvalue weighted by atomic mass is 9.47. The molecule has 4 aliphatic rings. The van der Waals surface area contributed by atoms with Crippen molar-refractivity contribution in [3.05, 3.63) is 11.6 Å². The molecule has 3 heteroatoms. The predicted octanol–water partition coefficient (Wildman–Crippen LogP) is 9.11. The van der Waals surface area contributed by atoms with Gasteiger partial charge in [0.25, 0.3) is 0 Å². The van der Waals surface area contributed by atoms with Gasteiger partial charge in [-0.3, -0.25) is 4.79 Å². The minimum atomic E-state index is -0.599. The number of esters is 1. The van der Waals surface area contributed by atoms with Crippen LogP contribution in [0.2, 0.25) is 0 Å². The van der Waals surface area contributed by atoms with Gasteiger partial charge in [0.15, 0.2) is 0 Å². The van der Waals surface area contributed by atoms with E-state index in [2.05, 4.69) is 56.6 Å². The van der Waals surface area contributed by atoms with E-state index < -0.39 is 4.32 Å². The number of ether oxygens (including phenoxy) is 1. The second-order valence-corrected chi connectivity index (χ2v) is 16.0. The van der Waals surface area contributed by atoms with E-state index in [1.165, 1.54) is 57.8 Å². The summed E-state index contributed by atoms with van der Waals surface area (Å²) >= 11 is 3.47. The van der Waals surface area contributed by atoms with Gasteiger partial charge in [-0.05, 0) is 105 Å². The van der Waals surface area contributed by atoms with Crippen molar-refractivity contribution >= 4 is 21.9 Å². The van der Waals surface area contributed by atoms with Crippen LogP contribution in [-0.2, 0) is 9.53 Å². The smallest absolute Gasteiger partial charge is 0.322 e.